The van der Waals surface area contributed by atoms with Crippen molar-refractivity contribution in [2.24, 2.45) is 5.92 Å². The third kappa shape index (κ3) is 3.28. The second kappa shape index (κ2) is 7.24. The van der Waals surface area contributed by atoms with Crippen LogP contribution in [0, 0.1) is 12.8 Å². The van der Waals surface area contributed by atoms with Gasteiger partial charge in [0, 0.05) is 36.2 Å². The number of carbonyl (C=O) groups is 1. The number of nitrogens with zero attached hydrogens (tertiary/aromatic N) is 3. The summed E-state index contributed by atoms with van der Waals surface area (Å²) in [6, 6.07) is 12.0. The fourth-order valence-electron chi connectivity index (χ4n) is 3.80. The van der Waals surface area contributed by atoms with E-state index >= 15 is 0 Å². The highest BCUT2D eigenvalue weighted by Crippen LogP contribution is 2.35. The van der Waals surface area contributed by atoms with Crippen LogP contribution >= 0.6 is 11.6 Å². The summed E-state index contributed by atoms with van der Waals surface area (Å²) in [6.07, 6.45) is 3.62. The predicted molar refractivity (Wildman–Crippen MR) is 107 cm³/mol. The number of hydrogen-bond acceptors (Lipinski definition) is 4. The molecule has 1 fully saturated rings. The molecular weight excluding hydrogens is 362 g/mol. The lowest BCUT2D eigenvalue weighted by atomic mass is 9.96. The third-order valence-corrected chi connectivity index (χ3v) is 5.70. The van der Waals surface area contributed by atoms with E-state index in [1.165, 1.54) is 7.11 Å². The van der Waals surface area contributed by atoms with Gasteiger partial charge in [-0.25, -0.2) is 4.98 Å². The number of aryl methyl sites for hydroxylation is 1. The minimum Gasteiger partial charge on any atom is -0.469 e. The largest absolute Gasteiger partial charge is 0.469 e. The number of rotatable bonds is 3. The van der Waals surface area contributed by atoms with Crippen molar-refractivity contribution in [3.05, 3.63) is 53.3 Å². The van der Waals surface area contributed by atoms with Crippen molar-refractivity contribution in [3.8, 4) is 11.3 Å². The van der Waals surface area contributed by atoms with E-state index in [0.717, 1.165) is 54.2 Å². The fraction of sp³-hybridized carbons (Fsp3) is 0.333. The maximum absolute atomic E-state index is 11.7. The van der Waals surface area contributed by atoms with Crippen molar-refractivity contribution < 1.29 is 9.53 Å². The molecule has 4 rings (SSSR count). The molecule has 0 atom stereocenters. The van der Waals surface area contributed by atoms with Gasteiger partial charge in [-0.05, 0) is 50.1 Å². The van der Waals surface area contributed by atoms with Crippen LogP contribution in [0.4, 0.5) is 5.69 Å². The number of anilines is 1. The van der Waals surface area contributed by atoms with E-state index in [1.54, 1.807) is 0 Å². The second-order valence-electron chi connectivity index (χ2n) is 6.92. The van der Waals surface area contributed by atoms with Crippen LogP contribution in [0.2, 0.25) is 5.02 Å². The smallest absolute Gasteiger partial charge is 0.308 e. The van der Waals surface area contributed by atoms with Crippen molar-refractivity contribution in [3.63, 3.8) is 0 Å². The molecule has 5 nitrogen and oxygen atoms in total. The Bertz CT molecular complexity index is 990. The monoisotopic (exact) mass is 383 g/mol. The Morgan fingerprint density at radius 3 is 2.70 bits per heavy atom. The number of ether oxygens (including phenoxy) is 1. The Labute approximate surface area is 163 Å². The number of imidazole rings is 1. The molecule has 0 N–H and O–H groups in total. The molecule has 1 aliphatic rings. The van der Waals surface area contributed by atoms with Gasteiger partial charge >= 0.3 is 5.97 Å². The summed E-state index contributed by atoms with van der Waals surface area (Å²) in [5.74, 6) is -0.106. The first-order chi connectivity index (χ1) is 13.1. The maximum Gasteiger partial charge on any atom is 0.308 e. The van der Waals surface area contributed by atoms with Crippen LogP contribution < -0.4 is 4.90 Å². The molecule has 0 saturated carbocycles. The number of fused-ring (bicyclic) bond motifs is 1. The zero-order valence-electron chi connectivity index (χ0n) is 15.5. The zero-order valence-corrected chi connectivity index (χ0v) is 16.2. The van der Waals surface area contributed by atoms with Crippen molar-refractivity contribution >= 4 is 28.9 Å². The Morgan fingerprint density at radius 2 is 2.00 bits per heavy atom. The summed E-state index contributed by atoms with van der Waals surface area (Å²) in [5, 5.41) is 0.690. The highest BCUT2D eigenvalue weighted by atomic mass is 35.5. The van der Waals surface area contributed by atoms with Gasteiger partial charge in [0.05, 0.1) is 23.7 Å². The van der Waals surface area contributed by atoms with Gasteiger partial charge in [0.25, 0.3) is 0 Å². The third-order valence-electron chi connectivity index (χ3n) is 5.37. The molecule has 0 unspecified atom stereocenters. The summed E-state index contributed by atoms with van der Waals surface area (Å²) in [6.45, 7) is 3.70. The van der Waals surface area contributed by atoms with Gasteiger partial charge in [-0.2, -0.15) is 0 Å². The average molecular weight is 384 g/mol. The first-order valence-corrected chi connectivity index (χ1v) is 9.52. The molecule has 1 saturated heterocycles. The van der Waals surface area contributed by atoms with Crippen molar-refractivity contribution in [1.82, 2.24) is 9.38 Å². The summed E-state index contributed by atoms with van der Waals surface area (Å²) >= 11 is 6.52. The number of methoxy groups -OCH3 is 1. The normalized spacial score (nSPS) is 15.3. The number of pyridine rings is 1. The number of esters is 1. The van der Waals surface area contributed by atoms with E-state index < -0.39 is 0 Å². The standard InChI is InChI=1S/C21H22ClN3O2/c1-14-20(23-19-5-3-4-10-25(14)19)17-13-16(6-7-18(17)22)24-11-8-15(9-12-24)21(26)27-2/h3-7,10,13,15H,8-9,11-12H2,1-2H3. The molecule has 6 heteroatoms. The lowest BCUT2D eigenvalue weighted by Gasteiger charge is -2.32. The van der Waals surface area contributed by atoms with Gasteiger partial charge in [0.1, 0.15) is 5.65 Å². The molecule has 3 aromatic rings. The van der Waals surface area contributed by atoms with Gasteiger partial charge < -0.3 is 14.0 Å². The van der Waals surface area contributed by atoms with Crippen LogP contribution in [-0.4, -0.2) is 35.6 Å². The zero-order chi connectivity index (χ0) is 19.0. The molecule has 0 bridgehead atoms. The fourth-order valence-corrected chi connectivity index (χ4v) is 4.01. The van der Waals surface area contributed by atoms with Crippen LogP contribution in [0.25, 0.3) is 16.9 Å². The molecule has 1 aliphatic heterocycles. The topological polar surface area (TPSA) is 46.8 Å². The lowest BCUT2D eigenvalue weighted by molar-refractivity contribution is -0.146. The Hall–Kier alpha value is -2.53. The summed E-state index contributed by atoms with van der Waals surface area (Å²) < 4.78 is 6.95. The van der Waals surface area contributed by atoms with Crippen LogP contribution in [-0.2, 0) is 9.53 Å². The van der Waals surface area contributed by atoms with Crippen molar-refractivity contribution in [2.45, 2.75) is 19.8 Å². The lowest BCUT2D eigenvalue weighted by Crippen LogP contribution is -2.36. The number of piperidine rings is 1. The highest BCUT2D eigenvalue weighted by molar-refractivity contribution is 6.33. The average Bonchev–Trinajstić information content (AvgIpc) is 3.04. The van der Waals surface area contributed by atoms with Gasteiger partial charge in [0.2, 0.25) is 0 Å². The number of benzene rings is 1. The summed E-state index contributed by atoms with van der Waals surface area (Å²) in [7, 11) is 1.46. The SMILES string of the molecule is COC(=O)C1CCN(c2ccc(Cl)c(-c3nc4ccccn4c3C)c2)CC1. The first-order valence-electron chi connectivity index (χ1n) is 9.15. The molecule has 3 heterocycles. The van der Waals surface area contributed by atoms with E-state index in [0.29, 0.717) is 5.02 Å². The number of aromatic nitrogens is 2. The maximum atomic E-state index is 11.7. The van der Waals surface area contributed by atoms with Crippen LogP contribution in [0.1, 0.15) is 18.5 Å². The minimum absolute atomic E-state index is 0.00120. The number of carbonyl (C=O) groups excluding carboxylic acids is 1. The second-order valence-corrected chi connectivity index (χ2v) is 7.33. The minimum atomic E-state index is -0.105. The van der Waals surface area contributed by atoms with E-state index in [4.69, 9.17) is 21.3 Å². The van der Waals surface area contributed by atoms with E-state index in [2.05, 4.69) is 22.3 Å². The van der Waals surface area contributed by atoms with Gasteiger partial charge in [0.15, 0.2) is 0 Å². The number of hydrogen-bond donors (Lipinski definition) is 0. The van der Waals surface area contributed by atoms with Crippen molar-refractivity contribution in [1.29, 1.82) is 0 Å². The highest BCUT2D eigenvalue weighted by Gasteiger charge is 2.26. The van der Waals surface area contributed by atoms with Crippen LogP contribution in [0.15, 0.2) is 42.6 Å². The first kappa shape index (κ1) is 17.9. The van der Waals surface area contributed by atoms with Gasteiger partial charge in [-0.3, -0.25) is 4.79 Å². The van der Waals surface area contributed by atoms with Gasteiger partial charge in [-0.15, -0.1) is 0 Å². The number of halogens is 1. The van der Waals surface area contributed by atoms with Crippen LogP contribution in [0.3, 0.4) is 0 Å². The predicted octanol–water partition coefficient (Wildman–Crippen LogP) is 4.35. The molecule has 0 aliphatic carbocycles. The van der Waals surface area contributed by atoms with E-state index in [-0.39, 0.29) is 11.9 Å². The molecular formula is C21H22ClN3O2. The Kier molecular flexibility index (Phi) is 4.79. The molecule has 0 spiro atoms. The quantitative estimate of drug-likeness (QED) is 0.631. The molecule has 0 radical (unpaired) electrons. The summed E-state index contributed by atoms with van der Waals surface area (Å²) in [5.41, 5.74) is 4.91. The molecule has 0 amide bonds. The Morgan fingerprint density at radius 1 is 1.22 bits per heavy atom. The molecule has 2 aromatic heterocycles. The van der Waals surface area contributed by atoms with Gasteiger partial charge in [-0.1, -0.05) is 17.7 Å². The van der Waals surface area contributed by atoms with Crippen LogP contribution in [0.5, 0.6) is 0 Å². The molecule has 1 aromatic carbocycles. The molecule has 27 heavy (non-hydrogen) atoms. The van der Waals surface area contributed by atoms with E-state index in [1.807, 2.05) is 36.5 Å². The Balaban J connectivity index is 1.64. The van der Waals surface area contributed by atoms with E-state index in [9.17, 15) is 4.79 Å². The summed E-state index contributed by atoms with van der Waals surface area (Å²) in [4.78, 5) is 18.8. The molecule has 140 valence electrons. The van der Waals surface area contributed by atoms with Crippen molar-refractivity contribution in [2.75, 3.05) is 25.1 Å².